The van der Waals surface area contributed by atoms with Crippen molar-refractivity contribution < 1.29 is 4.92 Å². The Labute approximate surface area is 118 Å². The van der Waals surface area contributed by atoms with Crippen LogP contribution in [0.2, 0.25) is 0 Å². The number of rotatable bonds is 6. The zero-order chi connectivity index (χ0) is 14.4. The van der Waals surface area contributed by atoms with E-state index < -0.39 is 4.92 Å². The highest BCUT2D eigenvalue weighted by atomic mass is 16.6. The maximum absolute atomic E-state index is 10.6. The van der Waals surface area contributed by atoms with E-state index in [1.807, 2.05) is 0 Å². The fraction of sp³-hybridized carbons (Fsp3) is 0.692. The van der Waals surface area contributed by atoms with E-state index in [9.17, 15) is 10.1 Å². The standard InChI is InChI=1S/C13H21N5O2/c1-2-7-17(10-11-3-5-14-6-4-11)13-15-8-12(9-16-13)18(19)20/h8-9,11,14H,2-7,10H2,1H3. The molecule has 0 aliphatic carbocycles. The average molecular weight is 279 g/mol. The minimum atomic E-state index is -0.471. The van der Waals surface area contributed by atoms with E-state index in [2.05, 4.69) is 27.1 Å². The molecule has 1 saturated heterocycles. The van der Waals surface area contributed by atoms with Gasteiger partial charge >= 0.3 is 5.69 Å². The zero-order valence-electron chi connectivity index (χ0n) is 11.8. The van der Waals surface area contributed by atoms with E-state index in [0.717, 1.165) is 45.4 Å². The second-order valence-electron chi connectivity index (χ2n) is 5.14. The first-order chi connectivity index (χ1) is 9.70. The van der Waals surface area contributed by atoms with E-state index in [4.69, 9.17) is 0 Å². The van der Waals surface area contributed by atoms with Gasteiger partial charge in [-0.25, -0.2) is 9.97 Å². The maximum atomic E-state index is 10.6. The Morgan fingerprint density at radius 2 is 2.05 bits per heavy atom. The highest BCUT2D eigenvalue weighted by Crippen LogP contribution is 2.18. The third kappa shape index (κ3) is 3.86. The molecule has 1 aliphatic rings. The number of hydrogen-bond acceptors (Lipinski definition) is 6. The molecule has 1 aliphatic heterocycles. The largest absolute Gasteiger partial charge is 0.341 e. The first kappa shape index (κ1) is 14.6. The lowest BCUT2D eigenvalue weighted by atomic mass is 9.97. The summed E-state index contributed by atoms with van der Waals surface area (Å²) in [6.45, 7) is 6.04. The molecule has 7 heteroatoms. The molecule has 2 heterocycles. The molecule has 1 fully saturated rings. The topological polar surface area (TPSA) is 84.2 Å². The Hall–Kier alpha value is -1.76. The minimum Gasteiger partial charge on any atom is -0.341 e. The zero-order valence-corrected chi connectivity index (χ0v) is 11.8. The van der Waals surface area contributed by atoms with Gasteiger partial charge in [-0.3, -0.25) is 10.1 Å². The molecule has 0 atom stereocenters. The first-order valence-electron chi connectivity index (χ1n) is 7.12. The van der Waals surface area contributed by atoms with Crippen LogP contribution in [0.5, 0.6) is 0 Å². The number of nitrogens with zero attached hydrogens (tertiary/aromatic N) is 4. The maximum Gasteiger partial charge on any atom is 0.305 e. The Balaban J connectivity index is 2.04. The van der Waals surface area contributed by atoms with Gasteiger partial charge in [-0.05, 0) is 38.3 Å². The van der Waals surface area contributed by atoms with Crippen molar-refractivity contribution >= 4 is 11.6 Å². The molecule has 0 radical (unpaired) electrons. The van der Waals surface area contributed by atoms with Crippen molar-refractivity contribution in [3.63, 3.8) is 0 Å². The summed E-state index contributed by atoms with van der Waals surface area (Å²) in [7, 11) is 0. The van der Waals surface area contributed by atoms with Crippen LogP contribution < -0.4 is 10.2 Å². The van der Waals surface area contributed by atoms with Gasteiger partial charge in [-0.2, -0.15) is 0 Å². The Bertz CT molecular complexity index is 431. The molecule has 0 aromatic carbocycles. The van der Waals surface area contributed by atoms with Crippen molar-refractivity contribution in [2.24, 2.45) is 5.92 Å². The van der Waals surface area contributed by atoms with Gasteiger partial charge < -0.3 is 10.2 Å². The van der Waals surface area contributed by atoms with Crippen molar-refractivity contribution in [2.75, 3.05) is 31.1 Å². The minimum absolute atomic E-state index is 0.0629. The number of aromatic nitrogens is 2. The fourth-order valence-electron chi connectivity index (χ4n) is 2.49. The summed E-state index contributed by atoms with van der Waals surface area (Å²) in [5.74, 6) is 1.23. The molecule has 0 bridgehead atoms. The van der Waals surface area contributed by atoms with Crippen molar-refractivity contribution in [3.8, 4) is 0 Å². The third-order valence-corrected chi connectivity index (χ3v) is 3.55. The summed E-state index contributed by atoms with van der Waals surface area (Å²) in [4.78, 5) is 20.6. The lowest BCUT2D eigenvalue weighted by Crippen LogP contribution is -2.37. The third-order valence-electron chi connectivity index (χ3n) is 3.55. The smallest absolute Gasteiger partial charge is 0.305 e. The lowest BCUT2D eigenvalue weighted by Gasteiger charge is -2.29. The monoisotopic (exact) mass is 279 g/mol. The molecule has 0 spiro atoms. The molecule has 0 unspecified atom stereocenters. The highest BCUT2D eigenvalue weighted by Gasteiger charge is 2.19. The fourth-order valence-corrected chi connectivity index (χ4v) is 2.49. The molecule has 0 saturated carbocycles. The Morgan fingerprint density at radius 1 is 1.40 bits per heavy atom. The highest BCUT2D eigenvalue weighted by molar-refractivity contribution is 5.33. The second kappa shape index (κ2) is 7.14. The van der Waals surface area contributed by atoms with E-state index in [-0.39, 0.29) is 5.69 Å². The van der Waals surface area contributed by atoms with Crippen LogP contribution in [0.3, 0.4) is 0 Å². The van der Waals surface area contributed by atoms with E-state index in [0.29, 0.717) is 11.9 Å². The van der Waals surface area contributed by atoms with Crippen LogP contribution >= 0.6 is 0 Å². The van der Waals surface area contributed by atoms with Gasteiger partial charge in [0.15, 0.2) is 0 Å². The van der Waals surface area contributed by atoms with Crippen molar-refractivity contribution in [2.45, 2.75) is 26.2 Å². The van der Waals surface area contributed by atoms with Crippen LogP contribution in [0.15, 0.2) is 12.4 Å². The first-order valence-corrected chi connectivity index (χ1v) is 7.12. The molecule has 1 N–H and O–H groups in total. The van der Waals surface area contributed by atoms with E-state index in [1.165, 1.54) is 12.4 Å². The summed E-state index contributed by atoms with van der Waals surface area (Å²) in [5, 5.41) is 14.0. The van der Waals surface area contributed by atoms with Gasteiger partial charge in [0.25, 0.3) is 0 Å². The van der Waals surface area contributed by atoms with Gasteiger partial charge in [0.2, 0.25) is 5.95 Å². The number of piperidine rings is 1. The van der Waals surface area contributed by atoms with Crippen LogP contribution in [0, 0.1) is 16.0 Å². The Kier molecular flexibility index (Phi) is 5.23. The van der Waals surface area contributed by atoms with Crippen LogP contribution in [-0.4, -0.2) is 41.1 Å². The number of anilines is 1. The van der Waals surface area contributed by atoms with E-state index in [1.54, 1.807) is 0 Å². The summed E-state index contributed by atoms with van der Waals surface area (Å²) in [6, 6.07) is 0. The van der Waals surface area contributed by atoms with E-state index >= 15 is 0 Å². The summed E-state index contributed by atoms with van der Waals surface area (Å²) in [6.07, 6.45) is 5.90. The van der Waals surface area contributed by atoms with Gasteiger partial charge in [0.1, 0.15) is 12.4 Å². The lowest BCUT2D eigenvalue weighted by molar-refractivity contribution is -0.385. The van der Waals surface area contributed by atoms with Crippen LogP contribution in [-0.2, 0) is 0 Å². The van der Waals surface area contributed by atoms with Crippen LogP contribution in [0.1, 0.15) is 26.2 Å². The van der Waals surface area contributed by atoms with Gasteiger partial charge in [0.05, 0.1) is 4.92 Å². The Morgan fingerprint density at radius 3 is 2.60 bits per heavy atom. The molecule has 1 aromatic heterocycles. The second-order valence-corrected chi connectivity index (χ2v) is 5.14. The van der Waals surface area contributed by atoms with Crippen molar-refractivity contribution in [1.29, 1.82) is 0 Å². The molecule has 7 nitrogen and oxygen atoms in total. The van der Waals surface area contributed by atoms with Gasteiger partial charge in [-0.1, -0.05) is 6.92 Å². The molecule has 0 amide bonds. The van der Waals surface area contributed by atoms with Crippen LogP contribution in [0.4, 0.5) is 11.6 Å². The van der Waals surface area contributed by atoms with Crippen LogP contribution in [0.25, 0.3) is 0 Å². The molecule has 2 rings (SSSR count). The molecule has 110 valence electrons. The number of nitro groups is 1. The molecular weight excluding hydrogens is 258 g/mol. The summed E-state index contributed by atoms with van der Waals surface area (Å²) in [5.41, 5.74) is -0.0629. The molecule has 20 heavy (non-hydrogen) atoms. The van der Waals surface area contributed by atoms with Gasteiger partial charge in [0, 0.05) is 13.1 Å². The summed E-state index contributed by atoms with van der Waals surface area (Å²) >= 11 is 0. The average Bonchev–Trinajstić information content (AvgIpc) is 2.48. The van der Waals surface area contributed by atoms with Crippen molar-refractivity contribution in [3.05, 3.63) is 22.5 Å². The predicted molar refractivity (Wildman–Crippen MR) is 76.8 cm³/mol. The summed E-state index contributed by atoms with van der Waals surface area (Å²) < 4.78 is 0. The SMILES string of the molecule is CCCN(CC1CCNCC1)c1ncc([N+](=O)[O-])cn1. The number of nitrogens with one attached hydrogen (secondary N) is 1. The molecule has 1 aromatic rings. The number of hydrogen-bond donors (Lipinski definition) is 1. The quantitative estimate of drug-likeness (QED) is 0.629. The molecular formula is C13H21N5O2. The normalized spacial score (nSPS) is 16.1. The van der Waals surface area contributed by atoms with Crippen molar-refractivity contribution in [1.82, 2.24) is 15.3 Å². The predicted octanol–water partition coefficient (Wildman–Crippen LogP) is 1.60. The van der Waals surface area contributed by atoms with Gasteiger partial charge in [-0.15, -0.1) is 0 Å².